The zero-order chi connectivity index (χ0) is 12.3. The Labute approximate surface area is 114 Å². The van der Waals surface area contributed by atoms with Crippen molar-refractivity contribution in [2.45, 2.75) is 11.7 Å². The highest BCUT2D eigenvalue weighted by molar-refractivity contribution is 9.10. The van der Waals surface area contributed by atoms with E-state index in [1.165, 1.54) is 11.8 Å². The molecule has 2 aromatic rings. The van der Waals surface area contributed by atoms with Crippen LogP contribution in [0.4, 0.5) is 0 Å². The Morgan fingerprint density at radius 2 is 2.47 bits per heavy atom. The van der Waals surface area contributed by atoms with Gasteiger partial charge in [0.2, 0.25) is 0 Å². The first kappa shape index (κ1) is 12.6. The molecule has 0 amide bonds. The largest absolute Gasteiger partial charge is 0.481 e. The maximum atomic E-state index is 10.5. The third-order valence-electron chi connectivity index (χ3n) is 1.91. The fraction of sp³-hybridized carbons (Fsp3) is 0.222. The Kier molecular flexibility index (Phi) is 4.19. The Morgan fingerprint density at radius 1 is 1.65 bits per heavy atom. The lowest BCUT2D eigenvalue weighted by atomic mass is 10.5. The standard InChI is InChI=1S/C9H8BrN3O2S2/c10-6-1-2-16-7(6)3-13-5-11-12-9(13)17-4-8(14)15/h1-2,5H,3-4H2,(H,14,15). The van der Waals surface area contributed by atoms with E-state index in [2.05, 4.69) is 26.1 Å². The quantitative estimate of drug-likeness (QED) is 0.850. The SMILES string of the molecule is O=C(O)CSc1nncn1Cc1sccc1Br. The molecule has 90 valence electrons. The van der Waals surface area contributed by atoms with Crippen LogP contribution in [0.3, 0.4) is 0 Å². The molecule has 5 nitrogen and oxygen atoms in total. The van der Waals surface area contributed by atoms with Crippen LogP contribution in [0.2, 0.25) is 0 Å². The zero-order valence-corrected chi connectivity index (χ0v) is 11.8. The lowest BCUT2D eigenvalue weighted by Gasteiger charge is -2.03. The molecule has 17 heavy (non-hydrogen) atoms. The molecule has 0 aromatic carbocycles. The van der Waals surface area contributed by atoms with Gasteiger partial charge in [-0.15, -0.1) is 21.5 Å². The molecular formula is C9H8BrN3O2S2. The lowest BCUT2D eigenvalue weighted by Crippen LogP contribution is -2.03. The third kappa shape index (κ3) is 3.30. The molecule has 0 aliphatic heterocycles. The van der Waals surface area contributed by atoms with Crippen LogP contribution in [0.1, 0.15) is 4.88 Å². The van der Waals surface area contributed by atoms with Gasteiger partial charge in [-0.1, -0.05) is 11.8 Å². The summed E-state index contributed by atoms with van der Waals surface area (Å²) in [6.45, 7) is 0.646. The molecule has 0 bridgehead atoms. The second-order valence-corrected chi connectivity index (χ2v) is 5.91. The molecule has 2 heterocycles. The number of aromatic nitrogens is 3. The van der Waals surface area contributed by atoms with E-state index in [9.17, 15) is 4.79 Å². The first-order valence-electron chi connectivity index (χ1n) is 4.61. The van der Waals surface area contributed by atoms with Crippen LogP contribution in [-0.2, 0) is 11.3 Å². The number of carboxylic acids is 1. The van der Waals surface area contributed by atoms with Gasteiger partial charge in [0.1, 0.15) is 6.33 Å². The number of hydrogen-bond donors (Lipinski definition) is 1. The van der Waals surface area contributed by atoms with Crippen LogP contribution in [0, 0.1) is 0 Å². The van der Waals surface area contributed by atoms with Crippen molar-refractivity contribution >= 4 is 45.0 Å². The molecule has 0 aliphatic rings. The summed E-state index contributed by atoms with van der Waals surface area (Å²) in [5.41, 5.74) is 0. The van der Waals surface area contributed by atoms with Gasteiger partial charge in [0.15, 0.2) is 5.16 Å². The molecule has 2 aromatic heterocycles. The zero-order valence-electron chi connectivity index (χ0n) is 8.54. The molecule has 0 spiro atoms. The fourth-order valence-corrected chi connectivity index (χ4v) is 3.29. The second-order valence-electron chi connectivity index (χ2n) is 3.12. The number of carboxylic acid groups (broad SMARTS) is 1. The van der Waals surface area contributed by atoms with Crippen LogP contribution in [0.15, 0.2) is 27.4 Å². The highest BCUT2D eigenvalue weighted by atomic mass is 79.9. The molecular weight excluding hydrogens is 326 g/mol. The van der Waals surface area contributed by atoms with Gasteiger partial charge in [-0.3, -0.25) is 4.79 Å². The molecule has 0 saturated heterocycles. The summed E-state index contributed by atoms with van der Waals surface area (Å²) in [5, 5.41) is 18.9. The summed E-state index contributed by atoms with van der Waals surface area (Å²) in [7, 11) is 0. The average molecular weight is 334 g/mol. The minimum Gasteiger partial charge on any atom is -0.481 e. The molecule has 0 radical (unpaired) electrons. The number of nitrogens with zero attached hydrogens (tertiary/aromatic N) is 3. The molecule has 0 aliphatic carbocycles. The van der Waals surface area contributed by atoms with E-state index < -0.39 is 5.97 Å². The topological polar surface area (TPSA) is 68.0 Å². The van der Waals surface area contributed by atoms with E-state index in [4.69, 9.17) is 5.11 Å². The number of aliphatic carboxylic acids is 1. The number of halogens is 1. The van der Waals surface area contributed by atoms with Crippen molar-refractivity contribution in [3.63, 3.8) is 0 Å². The highest BCUT2D eigenvalue weighted by Crippen LogP contribution is 2.25. The van der Waals surface area contributed by atoms with Crippen molar-refractivity contribution in [2.24, 2.45) is 0 Å². The summed E-state index contributed by atoms with van der Waals surface area (Å²) in [6.07, 6.45) is 1.61. The maximum Gasteiger partial charge on any atom is 0.313 e. The number of carbonyl (C=O) groups is 1. The molecule has 1 N–H and O–H groups in total. The Morgan fingerprint density at radius 3 is 3.12 bits per heavy atom. The first-order valence-corrected chi connectivity index (χ1v) is 7.27. The van der Waals surface area contributed by atoms with Gasteiger partial charge >= 0.3 is 5.97 Å². The highest BCUT2D eigenvalue weighted by Gasteiger charge is 2.10. The number of hydrogen-bond acceptors (Lipinski definition) is 5. The van der Waals surface area contributed by atoms with Crippen molar-refractivity contribution in [3.8, 4) is 0 Å². The summed E-state index contributed by atoms with van der Waals surface area (Å²) in [5.74, 6) is -0.869. The van der Waals surface area contributed by atoms with E-state index in [-0.39, 0.29) is 5.75 Å². The van der Waals surface area contributed by atoms with Crippen molar-refractivity contribution in [2.75, 3.05) is 5.75 Å². The van der Waals surface area contributed by atoms with Gasteiger partial charge < -0.3 is 9.67 Å². The Bertz CT molecular complexity index is 526. The number of thioether (sulfide) groups is 1. The van der Waals surface area contributed by atoms with Crippen LogP contribution in [0.25, 0.3) is 0 Å². The molecule has 0 unspecified atom stereocenters. The molecule has 0 atom stereocenters. The average Bonchev–Trinajstić information content (AvgIpc) is 2.87. The van der Waals surface area contributed by atoms with Crippen molar-refractivity contribution in [1.29, 1.82) is 0 Å². The Hall–Kier alpha value is -0.860. The lowest BCUT2D eigenvalue weighted by molar-refractivity contribution is -0.133. The molecule has 0 fully saturated rings. The molecule has 2 rings (SSSR count). The van der Waals surface area contributed by atoms with Gasteiger partial charge in [0.25, 0.3) is 0 Å². The summed E-state index contributed by atoms with van der Waals surface area (Å²) in [6, 6.07) is 1.98. The van der Waals surface area contributed by atoms with E-state index in [0.29, 0.717) is 11.7 Å². The first-order chi connectivity index (χ1) is 8.16. The van der Waals surface area contributed by atoms with Gasteiger partial charge in [-0.25, -0.2) is 0 Å². The summed E-state index contributed by atoms with van der Waals surface area (Å²) >= 11 is 6.25. The maximum absolute atomic E-state index is 10.5. The predicted molar refractivity (Wildman–Crippen MR) is 69.5 cm³/mol. The van der Waals surface area contributed by atoms with Gasteiger partial charge in [-0.05, 0) is 27.4 Å². The van der Waals surface area contributed by atoms with E-state index in [0.717, 1.165) is 9.35 Å². The molecule has 8 heteroatoms. The number of thiophene rings is 1. The van der Waals surface area contributed by atoms with Gasteiger partial charge in [-0.2, -0.15) is 0 Å². The Balaban J connectivity index is 2.09. The summed E-state index contributed by atoms with van der Waals surface area (Å²) < 4.78 is 2.88. The molecule has 0 saturated carbocycles. The third-order valence-corrected chi connectivity index (χ3v) is 4.79. The van der Waals surface area contributed by atoms with Gasteiger partial charge in [0.05, 0.1) is 12.3 Å². The van der Waals surface area contributed by atoms with Crippen LogP contribution < -0.4 is 0 Å². The van der Waals surface area contributed by atoms with Crippen LogP contribution in [-0.4, -0.2) is 31.6 Å². The fourth-order valence-electron chi connectivity index (χ4n) is 1.18. The normalized spacial score (nSPS) is 10.6. The summed E-state index contributed by atoms with van der Waals surface area (Å²) in [4.78, 5) is 11.6. The van der Waals surface area contributed by atoms with Crippen molar-refractivity contribution < 1.29 is 9.90 Å². The van der Waals surface area contributed by atoms with Crippen LogP contribution in [0.5, 0.6) is 0 Å². The van der Waals surface area contributed by atoms with E-state index in [1.54, 1.807) is 17.7 Å². The second kappa shape index (κ2) is 5.65. The van der Waals surface area contributed by atoms with Crippen LogP contribution >= 0.6 is 39.0 Å². The van der Waals surface area contributed by atoms with E-state index >= 15 is 0 Å². The van der Waals surface area contributed by atoms with Crippen molar-refractivity contribution in [1.82, 2.24) is 14.8 Å². The van der Waals surface area contributed by atoms with Gasteiger partial charge in [0, 0.05) is 9.35 Å². The number of rotatable bonds is 5. The van der Waals surface area contributed by atoms with E-state index in [1.807, 2.05) is 16.0 Å². The van der Waals surface area contributed by atoms with Crippen molar-refractivity contribution in [3.05, 3.63) is 27.1 Å². The minimum absolute atomic E-state index is 0.00962. The smallest absolute Gasteiger partial charge is 0.313 e. The minimum atomic E-state index is -0.859. The predicted octanol–water partition coefficient (Wildman–Crippen LogP) is 2.33. The monoisotopic (exact) mass is 333 g/mol.